The molecule has 1 aromatic heterocycles. The summed E-state index contributed by atoms with van der Waals surface area (Å²) in [6.45, 7) is 7.66. The van der Waals surface area contributed by atoms with Crippen LogP contribution in [-0.2, 0) is 12.8 Å². The van der Waals surface area contributed by atoms with Crippen LogP contribution in [-0.4, -0.2) is 16.5 Å². The van der Waals surface area contributed by atoms with Crippen LogP contribution in [0, 0.1) is 15.4 Å². The molecule has 1 aliphatic rings. The minimum absolute atomic E-state index is 0.635. The molecule has 2 rings (SSSR count). The lowest BCUT2D eigenvalue weighted by atomic mass is 10.1. The number of halogens is 1. The Morgan fingerprint density at radius 1 is 1.32 bits per heavy atom. The Morgan fingerprint density at radius 3 is 2.63 bits per heavy atom. The van der Waals surface area contributed by atoms with E-state index in [1.165, 1.54) is 22.1 Å². The van der Waals surface area contributed by atoms with E-state index in [0.717, 1.165) is 43.4 Å². The van der Waals surface area contributed by atoms with Crippen molar-refractivity contribution in [3.05, 3.63) is 15.1 Å². The van der Waals surface area contributed by atoms with Gasteiger partial charge in [-0.3, -0.25) is 0 Å². The summed E-state index contributed by atoms with van der Waals surface area (Å²) in [6.07, 6.45) is 5.93. The third-order valence-electron chi connectivity index (χ3n) is 3.28. The lowest BCUT2D eigenvalue weighted by Gasteiger charge is -2.14. The molecule has 0 saturated heterocycles. The van der Waals surface area contributed by atoms with Gasteiger partial charge in [-0.15, -0.1) is 0 Å². The van der Waals surface area contributed by atoms with Crippen molar-refractivity contribution < 1.29 is 0 Å². The predicted molar refractivity (Wildman–Crippen MR) is 88.5 cm³/mol. The lowest BCUT2D eigenvalue weighted by Crippen LogP contribution is -2.12. The maximum absolute atomic E-state index is 4.80. The molecule has 1 saturated carbocycles. The van der Waals surface area contributed by atoms with Crippen LogP contribution in [0.15, 0.2) is 0 Å². The van der Waals surface area contributed by atoms with Gasteiger partial charge < -0.3 is 5.32 Å². The third kappa shape index (κ3) is 4.58. The van der Waals surface area contributed by atoms with Crippen molar-refractivity contribution in [1.82, 2.24) is 9.97 Å². The summed E-state index contributed by atoms with van der Waals surface area (Å²) in [5.74, 6) is 3.56. The molecule has 0 bridgehead atoms. The number of rotatable bonds is 7. The lowest BCUT2D eigenvalue weighted by molar-refractivity contribution is 0.624. The summed E-state index contributed by atoms with van der Waals surface area (Å²) in [5.41, 5.74) is 1.22. The first-order valence-electron chi connectivity index (χ1n) is 7.39. The van der Waals surface area contributed by atoms with E-state index in [-0.39, 0.29) is 0 Å². The fourth-order valence-electron chi connectivity index (χ4n) is 2.10. The molecular formula is C15H24IN3. The second kappa shape index (κ2) is 6.86. The largest absolute Gasteiger partial charge is 0.369 e. The number of nitrogens with one attached hydrogen (secondary N) is 1. The van der Waals surface area contributed by atoms with Gasteiger partial charge in [-0.2, -0.15) is 0 Å². The van der Waals surface area contributed by atoms with Crippen LogP contribution in [0.2, 0.25) is 0 Å². The standard InChI is InChI=1S/C15H24IN3/c1-4-7-17-15-14(16)12(8-10(2)3)18-13(19-15)9-11-5-6-11/h10-11H,4-9H2,1-3H3,(H,17,18,19). The highest BCUT2D eigenvalue weighted by atomic mass is 127. The van der Waals surface area contributed by atoms with Gasteiger partial charge in [0.1, 0.15) is 11.6 Å². The maximum Gasteiger partial charge on any atom is 0.143 e. The van der Waals surface area contributed by atoms with E-state index in [4.69, 9.17) is 9.97 Å². The molecule has 1 N–H and O–H groups in total. The molecule has 0 unspecified atom stereocenters. The minimum Gasteiger partial charge on any atom is -0.369 e. The molecule has 106 valence electrons. The second-order valence-electron chi connectivity index (χ2n) is 5.92. The van der Waals surface area contributed by atoms with E-state index in [1.54, 1.807) is 0 Å². The Bertz CT molecular complexity index is 428. The highest BCUT2D eigenvalue weighted by Crippen LogP contribution is 2.32. The predicted octanol–water partition coefficient (Wildman–Crippen LogP) is 4.05. The number of hydrogen-bond donors (Lipinski definition) is 1. The molecule has 3 nitrogen and oxygen atoms in total. The minimum atomic E-state index is 0.635. The van der Waals surface area contributed by atoms with E-state index in [2.05, 4.69) is 48.7 Å². The van der Waals surface area contributed by atoms with Crippen molar-refractivity contribution in [2.24, 2.45) is 11.8 Å². The van der Waals surface area contributed by atoms with Crippen LogP contribution in [0.3, 0.4) is 0 Å². The Labute approximate surface area is 130 Å². The van der Waals surface area contributed by atoms with Crippen molar-refractivity contribution in [2.75, 3.05) is 11.9 Å². The van der Waals surface area contributed by atoms with E-state index < -0.39 is 0 Å². The third-order valence-corrected chi connectivity index (χ3v) is 4.41. The zero-order valence-corrected chi connectivity index (χ0v) is 14.3. The quantitative estimate of drug-likeness (QED) is 0.733. The first-order valence-corrected chi connectivity index (χ1v) is 8.47. The summed E-state index contributed by atoms with van der Waals surface area (Å²) >= 11 is 2.39. The molecule has 4 heteroatoms. The van der Waals surface area contributed by atoms with E-state index in [9.17, 15) is 0 Å². The van der Waals surface area contributed by atoms with Gasteiger partial charge in [0.25, 0.3) is 0 Å². The van der Waals surface area contributed by atoms with Crippen molar-refractivity contribution in [1.29, 1.82) is 0 Å². The van der Waals surface area contributed by atoms with Crippen molar-refractivity contribution >= 4 is 28.4 Å². The van der Waals surface area contributed by atoms with Crippen LogP contribution in [0.4, 0.5) is 5.82 Å². The summed E-state index contributed by atoms with van der Waals surface area (Å²) in [5, 5.41) is 3.45. The van der Waals surface area contributed by atoms with Crippen LogP contribution >= 0.6 is 22.6 Å². The molecule has 1 aromatic rings. The van der Waals surface area contributed by atoms with Crippen LogP contribution < -0.4 is 5.32 Å². The molecule has 0 atom stereocenters. The van der Waals surface area contributed by atoms with Crippen molar-refractivity contribution in [3.63, 3.8) is 0 Å². The molecule has 0 aliphatic heterocycles. The molecule has 1 aliphatic carbocycles. The van der Waals surface area contributed by atoms with Gasteiger partial charge in [0, 0.05) is 13.0 Å². The Balaban J connectivity index is 2.22. The molecule has 0 spiro atoms. The summed E-state index contributed by atoms with van der Waals surface area (Å²) in [4.78, 5) is 9.53. The van der Waals surface area contributed by atoms with E-state index in [0.29, 0.717) is 5.92 Å². The van der Waals surface area contributed by atoms with Gasteiger partial charge in [0.2, 0.25) is 0 Å². The van der Waals surface area contributed by atoms with Crippen molar-refractivity contribution in [3.8, 4) is 0 Å². The van der Waals surface area contributed by atoms with Gasteiger partial charge in [-0.25, -0.2) is 9.97 Å². The smallest absolute Gasteiger partial charge is 0.143 e. The molecule has 1 fully saturated rings. The van der Waals surface area contributed by atoms with Gasteiger partial charge in [-0.05, 0) is 60.1 Å². The first-order chi connectivity index (χ1) is 9.10. The summed E-state index contributed by atoms with van der Waals surface area (Å²) < 4.78 is 1.21. The van der Waals surface area contributed by atoms with Gasteiger partial charge >= 0.3 is 0 Å². The Hall–Kier alpha value is -0.390. The SMILES string of the molecule is CCCNc1nc(CC2CC2)nc(CC(C)C)c1I. The topological polar surface area (TPSA) is 37.8 Å². The Kier molecular flexibility index (Phi) is 5.42. The molecule has 19 heavy (non-hydrogen) atoms. The average Bonchev–Trinajstić information content (AvgIpc) is 3.14. The monoisotopic (exact) mass is 373 g/mol. The van der Waals surface area contributed by atoms with Gasteiger partial charge in [-0.1, -0.05) is 20.8 Å². The fourth-order valence-corrected chi connectivity index (χ4v) is 2.75. The molecule has 1 heterocycles. The second-order valence-corrected chi connectivity index (χ2v) is 7.00. The average molecular weight is 373 g/mol. The number of hydrogen-bond acceptors (Lipinski definition) is 3. The molecule has 0 aromatic carbocycles. The zero-order valence-electron chi connectivity index (χ0n) is 12.2. The zero-order chi connectivity index (χ0) is 13.8. The highest BCUT2D eigenvalue weighted by Gasteiger charge is 2.24. The van der Waals surface area contributed by atoms with Crippen LogP contribution in [0.5, 0.6) is 0 Å². The fraction of sp³-hybridized carbons (Fsp3) is 0.733. The maximum atomic E-state index is 4.80. The van der Waals surface area contributed by atoms with Crippen LogP contribution in [0.1, 0.15) is 51.6 Å². The van der Waals surface area contributed by atoms with E-state index >= 15 is 0 Å². The van der Waals surface area contributed by atoms with Gasteiger partial charge in [0.05, 0.1) is 9.26 Å². The van der Waals surface area contributed by atoms with Gasteiger partial charge in [0.15, 0.2) is 0 Å². The molecule has 0 radical (unpaired) electrons. The summed E-state index contributed by atoms with van der Waals surface area (Å²) in [7, 11) is 0. The molecule has 0 amide bonds. The normalized spacial score (nSPS) is 15.0. The van der Waals surface area contributed by atoms with Crippen molar-refractivity contribution in [2.45, 2.75) is 52.9 Å². The molecular weight excluding hydrogens is 349 g/mol. The number of anilines is 1. The first kappa shape index (κ1) is 15.0. The van der Waals surface area contributed by atoms with E-state index in [1.807, 2.05) is 0 Å². The Morgan fingerprint density at radius 2 is 2.05 bits per heavy atom. The number of nitrogens with zero attached hydrogens (tertiary/aromatic N) is 2. The number of aromatic nitrogens is 2. The summed E-state index contributed by atoms with van der Waals surface area (Å²) in [6, 6.07) is 0. The highest BCUT2D eigenvalue weighted by molar-refractivity contribution is 14.1. The van der Waals surface area contributed by atoms with Crippen LogP contribution in [0.25, 0.3) is 0 Å².